The molecule has 8 heteroatoms. The average molecular weight is 440 g/mol. The van der Waals surface area contributed by atoms with Crippen molar-refractivity contribution in [2.75, 3.05) is 7.11 Å². The number of benzene rings is 2. The minimum atomic E-state index is -0.591. The van der Waals surface area contributed by atoms with Crippen LogP contribution in [0, 0.1) is 5.95 Å². The number of pyridine rings is 2. The van der Waals surface area contributed by atoms with E-state index in [2.05, 4.69) is 19.9 Å². The zero-order chi connectivity index (χ0) is 22.8. The number of ether oxygens (including phenoxy) is 2. The van der Waals surface area contributed by atoms with Crippen molar-refractivity contribution in [2.24, 2.45) is 0 Å². The number of halogens is 1. The van der Waals surface area contributed by atoms with Crippen molar-refractivity contribution < 1.29 is 18.7 Å². The minimum absolute atomic E-state index is 0.216. The van der Waals surface area contributed by atoms with Crippen molar-refractivity contribution in [2.45, 2.75) is 0 Å². The van der Waals surface area contributed by atoms with Crippen LogP contribution in [-0.2, 0) is 0 Å². The maximum atomic E-state index is 13.5. The van der Waals surface area contributed by atoms with E-state index in [0.717, 1.165) is 11.0 Å². The van der Waals surface area contributed by atoms with Crippen LogP contribution in [0.2, 0.25) is 0 Å². The third-order valence-electron chi connectivity index (χ3n) is 5.01. The van der Waals surface area contributed by atoms with Gasteiger partial charge in [0, 0.05) is 29.5 Å². The Bertz CT molecular complexity index is 1430. The molecule has 162 valence electrons. The van der Waals surface area contributed by atoms with E-state index in [1.165, 1.54) is 19.4 Å². The first-order valence-corrected chi connectivity index (χ1v) is 10.0. The van der Waals surface area contributed by atoms with Gasteiger partial charge in [0.05, 0.1) is 18.1 Å². The van der Waals surface area contributed by atoms with E-state index >= 15 is 0 Å². The highest BCUT2D eigenvalue weighted by Crippen LogP contribution is 2.32. The number of imidazole rings is 1. The van der Waals surface area contributed by atoms with Crippen LogP contribution < -0.4 is 9.47 Å². The van der Waals surface area contributed by atoms with E-state index < -0.39 is 5.95 Å². The van der Waals surface area contributed by atoms with E-state index in [9.17, 15) is 9.18 Å². The summed E-state index contributed by atoms with van der Waals surface area (Å²) in [7, 11) is 1.48. The quantitative estimate of drug-likeness (QED) is 0.289. The first-order chi connectivity index (χ1) is 16.1. The molecular formula is C25H17FN4O3. The molecule has 7 nitrogen and oxygen atoms in total. The standard InChI is InChI=1S/C25H17FN4O3/c1-32-25-18(16-12-13-27-21(26)14-16)10-11-22(30-25)33-17-8-6-15(7-9-17)23(31)24-28-19-4-2-3-5-20(19)29-24/h2-14H,1H3,(H,28,29). The third kappa shape index (κ3) is 4.14. The highest BCUT2D eigenvalue weighted by atomic mass is 19.1. The first-order valence-electron chi connectivity index (χ1n) is 10.0. The van der Waals surface area contributed by atoms with Crippen LogP contribution in [0.4, 0.5) is 4.39 Å². The zero-order valence-corrected chi connectivity index (χ0v) is 17.4. The fourth-order valence-corrected chi connectivity index (χ4v) is 3.42. The number of aromatic amines is 1. The molecule has 0 spiro atoms. The lowest BCUT2D eigenvalue weighted by Crippen LogP contribution is -2.03. The topological polar surface area (TPSA) is 90.0 Å². The van der Waals surface area contributed by atoms with Crippen molar-refractivity contribution >= 4 is 16.8 Å². The number of carbonyl (C=O) groups excluding carboxylic acids is 1. The van der Waals surface area contributed by atoms with E-state index in [4.69, 9.17) is 9.47 Å². The molecule has 0 aliphatic heterocycles. The molecule has 2 aromatic carbocycles. The molecule has 0 unspecified atom stereocenters. The molecule has 0 radical (unpaired) electrons. The molecule has 1 N–H and O–H groups in total. The van der Waals surface area contributed by atoms with Gasteiger partial charge in [0.15, 0.2) is 5.82 Å². The maximum absolute atomic E-state index is 13.5. The van der Waals surface area contributed by atoms with Gasteiger partial charge >= 0.3 is 0 Å². The summed E-state index contributed by atoms with van der Waals surface area (Å²) >= 11 is 0. The number of nitrogens with zero attached hydrogens (tertiary/aromatic N) is 3. The van der Waals surface area contributed by atoms with E-state index in [0.29, 0.717) is 28.3 Å². The summed E-state index contributed by atoms with van der Waals surface area (Å²) in [6, 6.07) is 20.5. The monoisotopic (exact) mass is 440 g/mol. The molecule has 3 heterocycles. The van der Waals surface area contributed by atoms with E-state index in [1.807, 2.05) is 24.3 Å². The number of hydrogen-bond acceptors (Lipinski definition) is 6. The number of fused-ring (bicyclic) bond motifs is 1. The van der Waals surface area contributed by atoms with Crippen molar-refractivity contribution in [1.29, 1.82) is 0 Å². The van der Waals surface area contributed by atoms with Gasteiger partial charge < -0.3 is 14.5 Å². The summed E-state index contributed by atoms with van der Waals surface area (Å²) in [5.74, 6) is 0.544. The summed E-state index contributed by atoms with van der Waals surface area (Å²) in [5, 5.41) is 0. The fourth-order valence-electron chi connectivity index (χ4n) is 3.42. The SMILES string of the molecule is COc1nc(Oc2ccc(C(=O)c3nc4ccccc4[nH]3)cc2)ccc1-c1ccnc(F)c1. The predicted molar refractivity (Wildman–Crippen MR) is 120 cm³/mol. The lowest BCUT2D eigenvalue weighted by atomic mass is 10.1. The Balaban J connectivity index is 1.35. The fraction of sp³-hybridized carbons (Fsp3) is 0.0400. The number of hydrogen-bond donors (Lipinski definition) is 1. The zero-order valence-electron chi connectivity index (χ0n) is 17.4. The van der Waals surface area contributed by atoms with Crippen molar-refractivity contribution in [3.05, 3.63) is 96.3 Å². The molecule has 0 aliphatic rings. The number of methoxy groups -OCH3 is 1. The summed E-state index contributed by atoms with van der Waals surface area (Å²) in [6.45, 7) is 0. The molecule has 0 saturated heterocycles. The van der Waals surface area contributed by atoms with Crippen LogP contribution in [0.25, 0.3) is 22.2 Å². The van der Waals surface area contributed by atoms with Gasteiger partial charge in [-0.1, -0.05) is 12.1 Å². The minimum Gasteiger partial charge on any atom is -0.480 e. The number of para-hydroxylation sites is 2. The van der Waals surface area contributed by atoms with Gasteiger partial charge in [-0.05, 0) is 54.1 Å². The van der Waals surface area contributed by atoms with Crippen LogP contribution in [0.5, 0.6) is 17.5 Å². The number of ketones is 1. The lowest BCUT2D eigenvalue weighted by Gasteiger charge is -2.11. The number of aromatic nitrogens is 4. The van der Waals surface area contributed by atoms with Crippen LogP contribution in [0.1, 0.15) is 16.2 Å². The van der Waals surface area contributed by atoms with Crippen LogP contribution in [0.15, 0.2) is 79.0 Å². The van der Waals surface area contributed by atoms with Gasteiger partial charge in [-0.15, -0.1) is 0 Å². The highest BCUT2D eigenvalue weighted by Gasteiger charge is 2.15. The molecule has 3 aromatic heterocycles. The predicted octanol–water partition coefficient (Wildman–Crippen LogP) is 5.19. The van der Waals surface area contributed by atoms with Gasteiger partial charge in [-0.25, -0.2) is 9.97 Å². The van der Waals surface area contributed by atoms with E-state index in [1.54, 1.807) is 42.5 Å². The van der Waals surface area contributed by atoms with Gasteiger partial charge in [-0.2, -0.15) is 9.37 Å². The normalized spacial score (nSPS) is 10.8. The van der Waals surface area contributed by atoms with Gasteiger partial charge in [0.1, 0.15) is 5.75 Å². The van der Waals surface area contributed by atoms with E-state index in [-0.39, 0.29) is 17.5 Å². The van der Waals surface area contributed by atoms with Crippen molar-refractivity contribution in [1.82, 2.24) is 19.9 Å². The molecule has 0 aliphatic carbocycles. The van der Waals surface area contributed by atoms with Crippen molar-refractivity contribution in [3.8, 4) is 28.6 Å². The van der Waals surface area contributed by atoms with Gasteiger partial charge in [0.2, 0.25) is 23.5 Å². The molecule has 0 fully saturated rings. The maximum Gasteiger partial charge on any atom is 0.228 e. The molecule has 5 aromatic rings. The van der Waals surface area contributed by atoms with Crippen LogP contribution in [-0.4, -0.2) is 32.8 Å². The van der Waals surface area contributed by atoms with Crippen LogP contribution in [0.3, 0.4) is 0 Å². The largest absolute Gasteiger partial charge is 0.480 e. The molecule has 0 atom stereocenters. The highest BCUT2D eigenvalue weighted by molar-refractivity contribution is 6.08. The molecule has 0 bridgehead atoms. The molecule has 0 saturated carbocycles. The number of carbonyl (C=O) groups is 1. The lowest BCUT2D eigenvalue weighted by molar-refractivity contribution is 0.103. The second kappa shape index (κ2) is 8.51. The number of H-pyrrole nitrogens is 1. The van der Waals surface area contributed by atoms with Crippen molar-refractivity contribution in [3.63, 3.8) is 0 Å². The molecule has 33 heavy (non-hydrogen) atoms. The molecule has 0 amide bonds. The summed E-state index contributed by atoms with van der Waals surface area (Å²) in [4.78, 5) is 28.1. The Morgan fingerprint density at radius 1 is 0.970 bits per heavy atom. The Hall–Kier alpha value is -4.59. The van der Waals surface area contributed by atoms with Crippen LogP contribution >= 0.6 is 0 Å². The number of rotatable bonds is 6. The summed E-state index contributed by atoms with van der Waals surface area (Å²) < 4.78 is 24.6. The first kappa shape index (κ1) is 20.3. The second-order valence-corrected chi connectivity index (χ2v) is 7.13. The summed E-state index contributed by atoms with van der Waals surface area (Å²) in [5.41, 5.74) is 3.21. The number of nitrogens with one attached hydrogen (secondary N) is 1. The smallest absolute Gasteiger partial charge is 0.228 e. The third-order valence-corrected chi connectivity index (χ3v) is 5.01. The Morgan fingerprint density at radius 2 is 1.79 bits per heavy atom. The molecular weight excluding hydrogens is 423 g/mol. The average Bonchev–Trinajstić information content (AvgIpc) is 3.28. The summed E-state index contributed by atoms with van der Waals surface area (Å²) in [6.07, 6.45) is 1.38. The van der Waals surface area contributed by atoms with Gasteiger partial charge in [0.25, 0.3) is 0 Å². The molecule has 5 rings (SSSR count). The second-order valence-electron chi connectivity index (χ2n) is 7.13. The Kier molecular flexibility index (Phi) is 5.24. The Labute approximate surface area is 187 Å². The van der Waals surface area contributed by atoms with Gasteiger partial charge in [-0.3, -0.25) is 4.79 Å². The Morgan fingerprint density at radius 3 is 2.55 bits per heavy atom.